The van der Waals surface area contributed by atoms with Gasteiger partial charge in [-0.15, -0.1) is 0 Å². The molecule has 0 heterocycles. The number of nitrogens with zero attached hydrogens (tertiary/aromatic N) is 1. The summed E-state index contributed by atoms with van der Waals surface area (Å²) in [5, 5.41) is 12.0. The van der Waals surface area contributed by atoms with Crippen LogP contribution in [0.3, 0.4) is 0 Å². The molecule has 5 heteroatoms. The number of nitro benzene ring substituents is 1. The summed E-state index contributed by atoms with van der Waals surface area (Å²) in [6.45, 7) is 0. The van der Waals surface area contributed by atoms with Gasteiger partial charge in [-0.1, -0.05) is 29.4 Å². The monoisotopic (exact) mass is 215 g/mol. The molecule has 0 unspecified atom stereocenters. The number of thioether (sulfide) groups is 1. The van der Waals surface area contributed by atoms with Gasteiger partial charge in [0.15, 0.2) is 0 Å². The van der Waals surface area contributed by atoms with Crippen LogP contribution in [0.1, 0.15) is 0 Å². The maximum atomic E-state index is 10.4. The highest BCUT2D eigenvalue weighted by Crippen LogP contribution is 2.23. The predicted octanol–water partition coefficient (Wildman–Crippen LogP) is 3.40. The van der Waals surface area contributed by atoms with Crippen molar-refractivity contribution >= 4 is 29.1 Å². The van der Waals surface area contributed by atoms with E-state index in [1.807, 2.05) is 0 Å². The van der Waals surface area contributed by atoms with Crippen LogP contribution in [0.15, 0.2) is 40.1 Å². The lowest BCUT2D eigenvalue weighted by Crippen LogP contribution is -1.86. The van der Waals surface area contributed by atoms with Gasteiger partial charge in [0.2, 0.25) is 0 Å². The van der Waals surface area contributed by atoms with Gasteiger partial charge in [0.05, 0.1) is 4.92 Å². The second kappa shape index (κ2) is 4.89. The third-order valence-corrected chi connectivity index (χ3v) is 2.36. The third-order valence-electron chi connectivity index (χ3n) is 1.28. The standard InChI is InChI=1S/C8H6ClNO2S/c9-4-5-13-8-3-1-2-7(6-8)10(11)12/h1-6H/b5-4+. The topological polar surface area (TPSA) is 43.1 Å². The van der Waals surface area contributed by atoms with Crippen LogP contribution in [0.5, 0.6) is 0 Å². The molecule has 0 radical (unpaired) electrons. The first-order chi connectivity index (χ1) is 6.24. The quantitative estimate of drug-likeness (QED) is 0.441. The highest BCUT2D eigenvalue weighted by molar-refractivity contribution is 8.02. The van der Waals surface area contributed by atoms with Crippen LogP contribution in [-0.2, 0) is 0 Å². The second-order valence-electron chi connectivity index (χ2n) is 2.13. The Morgan fingerprint density at radius 1 is 1.54 bits per heavy atom. The zero-order valence-corrected chi connectivity index (χ0v) is 8.09. The number of rotatable bonds is 3. The third kappa shape index (κ3) is 3.08. The molecule has 0 aliphatic carbocycles. The Kier molecular flexibility index (Phi) is 3.79. The minimum absolute atomic E-state index is 0.0907. The van der Waals surface area contributed by atoms with E-state index in [-0.39, 0.29) is 5.69 Å². The number of nitro groups is 1. The van der Waals surface area contributed by atoms with Crippen molar-refractivity contribution in [3.8, 4) is 0 Å². The first-order valence-corrected chi connectivity index (χ1v) is 4.72. The maximum Gasteiger partial charge on any atom is 0.270 e. The maximum absolute atomic E-state index is 10.4. The molecule has 0 atom stereocenters. The highest BCUT2D eigenvalue weighted by Gasteiger charge is 2.04. The molecule has 0 saturated heterocycles. The summed E-state index contributed by atoms with van der Waals surface area (Å²) in [4.78, 5) is 10.8. The zero-order chi connectivity index (χ0) is 9.68. The van der Waals surface area contributed by atoms with Gasteiger partial charge in [-0.05, 0) is 11.5 Å². The van der Waals surface area contributed by atoms with Crippen molar-refractivity contribution in [2.75, 3.05) is 0 Å². The fourth-order valence-electron chi connectivity index (χ4n) is 0.775. The molecule has 1 aromatic rings. The molecule has 13 heavy (non-hydrogen) atoms. The Morgan fingerprint density at radius 2 is 2.31 bits per heavy atom. The van der Waals surface area contributed by atoms with Crippen LogP contribution in [0.4, 0.5) is 5.69 Å². The first-order valence-electron chi connectivity index (χ1n) is 3.40. The van der Waals surface area contributed by atoms with Crippen LogP contribution in [0.25, 0.3) is 0 Å². The molecule has 0 fully saturated rings. The molecule has 0 aliphatic heterocycles. The van der Waals surface area contributed by atoms with Gasteiger partial charge in [-0.2, -0.15) is 0 Å². The minimum Gasteiger partial charge on any atom is -0.258 e. The Balaban J connectivity index is 2.85. The summed E-state index contributed by atoms with van der Waals surface area (Å²) in [5.41, 5.74) is 1.46. The van der Waals surface area contributed by atoms with Crippen LogP contribution in [0, 0.1) is 10.1 Å². The summed E-state index contributed by atoms with van der Waals surface area (Å²) in [7, 11) is 0. The molecular weight excluding hydrogens is 210 g/mol. The molecule has 0 amide bonds. The van der Waals surface area contributed by atoms with Crippen molar-refractivity contribution in [2.24, 2.45) is 0 Å². The minimum atomic E-state index is -0.422. The Morgan fingerprint density at radius 3 is 2.92 bits per heavy atom. The Bertz CT molecular complexity index is 341. The van der Waals surface area contributed by atoms with Crippen molar-refractivity contribution in [1.29, 1.82) is 0 Å². The lowest BCUT2D eigenvalue weighted by atomic mass is 10.3. The van der Waals surface area contributed by atoms with E-state index in [1.165, 1.54) is 29.4 Å². The first kappa shape index (κ1) is 10.1. The van der Waals surface area contributed by atoms with Gasteiger partial charge in [0.25, 0.3) is 5.69 Å². The molecule has 0 saturated carbocycles. The van der Waals surface area contributed by atoms with Crippen molar-refractivity contribution in [3.63, 3.8) is 0 Å². The fraction of sp³-hybridized carbons (Fsp3) is 0. The van der Waals surface area contributed by atoms with E-state index in [4.69, 9.17) is 11.6 Å². The van der Waals surface area contributed by atoms with Gasteiger partial charge < -0.3 is 0 Å². The van der Waals surface area contributed by atoms with Crippen LogP contribution in [-0.4, -0.2) is 4.92 Å². The van der Waals surface area contributed by atoms with E-state index in [1.54, 1.807) is 17.5 Å². The normalized spacial score (nSPS) is 10.5. The summed E-state index contributed by atoms with van der Waals surface area (Å²) >= 11 is 6.65. The predicted molar refractivity (Wildman–Crippen MR) is 53.9 cm³/mol. The molecule has 0 bridgehead atoms. The average molecular weight is 216 g/mol. The molecule has 3 nitrogen and oxygen atoms in total. The average Bonchev–Trinajstić information content (AvgIpc) is 2.15. The van der Waals surface area contributed by atoms with Gasteiger partial charge in [-0.3, -0.25) is 10.1 Å². The van der Waals surface area contributed by atoms with Gasteiger partial charge >= 0.3 is 0 Å². The summed E-state index contributed by atoms with van der Waals surface area (Å²) in [6, 6.07) is 6.38. The van der Waals surface area contributed by atoms with Gasteiger partial charge in [-0.25, -0.2) is 0 Å². The van der Waals surface area contributed by atoms with Crippen molar-refractivity contribution < 1.29 is 4.92 Å². The molecule has 1 aromatic carbocycles. The van der Waals surface area contributed by atoms with Crippen LogP contribution in [0.2, 0.25) is 0 Å². The van der Waals surface area contributed by atoms with E-state index in [9.17, 15) is 10.1 Å². The number of halogens is 1. The van der Waals surface area contributed by atoms with E-state index < -0.39 is 4.92 Å². The van der Waals surface area contributed by atoms with Crippen LogP contribution < -0.4 is 0 Å². The Hall–Kier alpha value is -1.00. The van der Waals surface area contributed by atoms with Gasteiger partial charge in [0.1, 0.15) is 0 Å². The van der Waals surface area contributed by atoms with Crippen LogP contribution >= 0.6 is 23.4 Å². The molecule has 1 rings (SSSR count). The SMILES string of the molecule is O=[N+]([O-])c1cccc(S/C=C/Cl)c1. The van der Waals surface area contributed by atoms with E-state index in [0.717, 1.165) is 4.90 Å². The Labute approximate surface area is 84.6 Å². The lowest BCUT2D eigenvalue weighted by molar-refractivity contribution is -0.385. The zero-order valence-electron chi connectivity index (χ0n) is 6.51. The number of non-ortho nitro benzene ring substituents is 1. The molecular formula is C8H6ClNO2S. The molecule has 0 aromatic heterocycles. The molecule has 68 valence electrons. The largest absolute Gasteiger partial charge is 0.270 e. The summed E-state index contributed by atoms with van der Waals surface area (Å²) in [6.07, 6.45) is 0. The fourth-order valence-corrected chi connectivity index (χ4v) is 1.48. The molecule has 0 spiro atoms. The highest BCUT2D eigenvalue weighted by atomic mass is 35.5. The van der Waals surface area contributed by atoms with E-state index in [2.05, 4.69) is 0 Å². The van der Waals surface area contributed by atoms with Crippen molar-refractivity contribution in [1.82, 2.24) is 0 Å². The lowest BCUT2D eigenvalue weighted by Gasteiger charge is -1.94. The van der Waals surface area contributed by atoms with E-state index in [0.29, 0.717) is 0 Å². The van der Waals surface area contributed by atoms with Gasteiger partial charge in [0, 0.05) is 22.6 Å². The van der Waals surface area contributed by atoms with E-state index >= 15 is 0 Å². The number of hydrogen-bond donors (Lipinski definition) is 0. The molecule has 0 N–H and O–H groups in total. The number of hydrogen-bond acceptors (Lipinski definition) is 3. The summed E-state index contributed by atoms with van der Waals surface area (Å²) < 4.78 is 0. The van der Waals surface area contributed by atoms with Crippen molar-refractivity contribution in [2.45, 2.75) is 4.90 Å². The summed E-state index contributed by atoms with van der Waals surface area (Å²) in [5.74, 6) is 0. The van der Waals surface area contributed by atoms with Crippen molar-refractivity contribution in [3.05, 3.63) is 45.3 Å². The number of benzene rings is 1. The second-order valence-corrected chi connectivity index (χ2v) is 3.37. The smallest absolute Gasteiger partial charge is 0.258 e. The molecule has 0 aliphatic rings.